The molecule has 0 nitrogen and oxygen atoms in total. The van der Waals surface area contributed by atoms with E-state index in [0.717, 1.165) is 0 Å². The third kappa shape index (κ3) is 3.64. The highest BCUT2D eigenvalue weighted by atomic mass is 28.2. The van der Waals surface area contributed by atoms with Gasteiger partial charge in [-0.3, -0.25) is 0 Å². The van der Waals surface area contributed by atoms with Gasteiger partial charge in [-0.05, 0) is 49.0 Å². The van der Waals surface area contributed by atoms with Crippen LogP contribution in [0.15, 0.2) is 70.9 Å². The zero-order chi connectivity index (χ0) is 18.7. The van der Waals surface area contributed by atoms with Crippen LogP contribution in [-0.4, -0.2) is 9.52 Å². The fourth-order valence-corrected chi connectivity index (χ4v) is 6.52. The lowest BCUT2D eigenvalue weighted by Gasteiger charge is -2.28. The smallest absolute Gasteiger partial charge is 0.0697 e. The molecule has 0 N–H and O–H groups in total. The summed E-state index contributed by atoms with van der Waals surface area (Å²) in [7, 11) is -0.436. The first-order valence-electron chi connectivity index (χ1n) is 10.00. The van der Waals surface area contributed by atoms with Crippen molar-refractivity contribution in [2.75, 3.05) is 0 Å². The molecule has 2 aromatic rings. The van der Waals surface area contributed by atoms with Gasteiger partial charge in [0.25, 0.3) is 0 Å². The van der Waals surface area contributed by atoms with Crippen molar-refractivity contribution < 1.29 is 0 Å². The van der Waals surface area contributed by atoms with Crippen LogP contribution in [0.4, 0.5) is 0 Å². The molecule has 0 saturated carbocycles. The monoisotopic (exact) mass is 360 g/mol. The molecule has 26 heavy (non-hydrogen) atoms. The Labute approximate surface area is 161 Å². The van der Waals surface area contributed by atoms with Gasteiger partial charge in [0.1, 0.15) is 0 Å². The average molecular weight is 361 g/mol. The van der Waals surface area contributed by atoms with Crippen LogP contribution >= 0.6 is 0 Å². The van der Waals surface area contributed by atoms with Crippen LogP contribution in [0.5, 0.6) is 0 Å². The normalized spacial score (nSPS) is 17.0. The molecule has 0 atom stereocenters. The Hall–Kier alpha value is -1.86. The number of aryl methyl sites for hydroxylation is 1. The van der Waals surface area contributed by atoms with Gasteiger partial charge in [0.2, 0.25) is 0 Å². The Morgan fingerprint density at radius 3 is 2.12 bits per heavy atom. The lowest BCUT2D eigenvalue weighted by molar-refractivity contribution is 0.639. The quantitative estimate of drug-likeness (QED) is 0.587. The predicted octanol–water partition coefficient (Wildman–Crippen LogP) is 5.61. The Morgan fingerprint density at radius 1 is 0.846 bits per heavy atom. The highest BCUT2D eigenvalue weighted by Crippen LogP contribution is 2.50. The van der Waals surface area contributed by atoms with Gasteiger partial charge in [0.15, 0.2) is 0 Å². The number of unbranched alkanes of at least 4 members (excludes halogenated alkanes) is 1. The van der Waals surface area contributed by atoms with Gasteiger partial charge in [-0.25, -0.2) is 0 Å². The summed E-state index contributed by atoms with van der Waals surface area (Å²) >= 11 is 0. The molecule has 1 aliphatic rings. The molecule has 0 aromatic heterocycles. The Kier molecular flexibility index (Phi) is 5.67. The summed E-state index contributed by atoms with van der Waals surface area (Å²) in [5.41, 5.74) is 7.58. The zero-order valence-corrected chi connectivity index (χ0v) is 18.4. The fourth-order valence-electron chi connectivity index (χ4n) is 4.45. The topological polar surface area (TPSA) is 0 Å². The van der Waals surface area contributed by atoms with Crippen LogP contribution < -0.4 is 5.19 Å². The first kappa shape index (κ1) is 18.9. The van der Waals surface area contributed by atoms with Gasteiger partial charge in [-0.15, -0.1) is 0 Å². The molecule has 3 rings (SSSR count). The van der Waals surface area contributed by atoms with Crippen LogP contribution in [0.25, 0.3) is 5.57 Å². The maximum Gasteiger partial charge on any atom is 0.0839 e. The molecule has 1 heteroatoms. The third-order valence-corrected chi connectivity index (χ3v) is 8.70. The van der Waals surface area contributed by atoms with Gasteiger partial charge in [-0.2, -0.15) is 0 Å². The van der Waals surface area contributed by atoms with E-state index in [9.17, 15) is 0 Å². The van der Waals surface area contributed by atoms with E-state index >= 15 is 0 Å². The van der Waals surface area contributed by atoms with Gasteiger partial charge < -0.3 is 0 Å². The minimum absolute atomic E-state index is 0.140. The number of allylic oxidation sites excluding steroid dienone is 4. The summed E-state index contributed by atoms with van der Waals surface area (Å²) in [6.07, 6.45) is 3.73. The first-order chi connectivity index (χ1) is 12.4. The molecule has 0 unspecified atom stereocenters. The average Bonchev–Trinajstić information content (AvgIpc) is 2.81. The second-order valence-electron chi connectivity index (χ2n) is 8.19. The molecule has 2 aromatic carbocycles. The molecule has 0 bridgehead atoms. The van der Waals surface area contributed by atoms with Crippen molar-refractivity contribution in [1.82, 2.24) is 0 Å². The highest BCUT2D eigenvalue weighted by molar-refractivity contribution is 6.62. The van der Waals surface area contributed by atoms with E-state index in [1.807, 2.05) is 0 Å². The van der Waals surface area contributed by atoms with E-state index < -0.39 is 9.52 Å². The standard InChI is InChI=1S/C25H32Si/c1-6-7-11-20-14-16-21(17-15-20)23-18(2)19(3)24(25(23,4)5)26-22-12-9-8-10-13-22/h8-10,12-17H,6-7,11,26H2,1-5H3. The van der Waals surface area contributed by atoms with E-state index in [-0.39, 0.29) is 5.41 Å². The van der Waals surface area contributed by atoms with Gasteiger partial charge in [0.05, 0.1) is 9.52 Å². The lowest BCUT2D eigenvalue weighted by atomic mass is 9.81. The van der Waals surface area contributed by atoms with Crippen molar-refractivity contribution in [1.29, 1.82) is 0 Å². The molecular formula is C25H32Si. The molecule has 136 valence electrons. The minimum Gasteiger partial charge on any atom is -0.0697 e. The summed E-state index contributed by atoms with van der Waals surface area (Å²) < 4.78 is 0. The zero-order valence-electron chi connectivity index (χ0n) is 17.0. The van der Waals surface area contributed by atoms with Gasteiger partial charge in [0, 0.05) is 5.41 Å². The molecule has 0 spiro atoms. The van der Waals surface area contributed by atoms with E-state index in [1.165, 1.54) is 47.1 Å². The predicted molar refractivity (Wildman–Crippen MR) is 119 cm³/mol. The van der Waals surface area contributed by atoms with Crippen molar-refractivity contribution >= 4 is 20.3 Å². The second-order valence-corrected chi connectivity index (χ2v) is 10.1. The largest absolute Gasteiger partial charge is 0.0839 e. The van der Waals surface area contributed by atoms with Crippen LogP contribution in [0, 0.1) is 5.41 Å². The molecule has 1 aliphatic carbocycles. The van der Waals surface area contributed by atoms with Crippen molar-refractivity contribution in [3.05, 3.63) is 82.1 Å². The molecule has 0 radical (unpaired) electrons. The summed E-state index contributed by atoms with van der Waals surface area (Å²) in [6, 6.07) is 20.5. The van der Waals surface area contributed by atoms with Crippen molar-refractivity contribution in [2.24, 2.45) is 5.41 Å². The Morgan fingerprint density at radius 2 is 1.50 bits per heavy atom. The third-order valence-electron chi connectivity index (χ3n) is 6.05. The SMILES string of the molecule is CCCCc1ccc(C2=C(C)C(C)=C([SiH2]c3ccccc3)C2(C)C)cc1. The van der Waals surface area contributed by atoms with E-state index in [2.05, 4.69) is 89.2 Å². The molecule has 0 fully saturated rings. The van der Waals surface area contributed by atoms with E-state index in [1.54, 1.807) is 10.4 Å². The summed E-state index contributed by atoms with van der Waals surface area (Å²) in [4.78, 5) is 0. The highest BCUT2D eigenvalue weighted by Gasteiger charge is 2.37. The second kappa shape index (κ2) is 7.80. The Balaban J connectivity index is 1.90. The summed E-state index contributed by atoms with van der Waals surface area (Å²) in [5.74, 6) is 0. The van der Waals surface area contributed by atoms with E-state index in [0.29, 0.717) is 0 Å². The summed E-state index contributed by atoms with van der Waals surface area (Å²) in [6.45, 7) is 11.8. The molecule has 0 aliphatic heterocycles. The maximum absolute atomic E-state index is 2.43. The molecule has 0 saturated heterocycles. The van der Waals surface area contributed by atoms with Gasteiger partial charge >= 0.3 is 0 Å². The Bertz CT molecular complexity index is 820. The number of hydrogen-bond donors (Lipinski definition) is 0. The maximum atomic E-state index is 2.43. The molecule has 0 heterocycles. The van der Waals surface area contributed by atoms with Crippen LogP contribution in [0.1, 0.15) is 58.6 Å². The van der Waals surface area contributed by atoms with Crippen LogP contribution in [-0.2, 0) is 6.42 Å². The van der Waals surface area contributed by atoms with Crippen molar-refractivity contribution in [3.8, 4) is 0 Å². The van der Waals surface area contributed by atoms with Crippen molar-refractivity contribution in [3.63, 3.8) is 0 Å². The minimum atomic E-state index is -0.436. The van der Waals surface area contributed by atoms with Crippen LogP contribution in [0.2, 0.25) is 0 Å². The van der Waals surface area contributed by atoms with Crippen molar-refractivity contribution in [2.45, 2.75) is 53.9 Å². The number of hydrogen-bond acceptors (Lipinski definition) is 0. The van der Waals surface area contributed by atoms with Crippen LogP contribution in [0.3, 0.4) is 0 Å². The number of rotatable bonds is 6. The molecule has 0 amide bonds. The first-order valence-corrected chi connectivity index (χ1v) is 11.4. The van der Waals surface area contributed by atoms with E-state index in [4.69, 9.17) is 0 Å². The summed E-state index contributed by atoms with van der Waals surface area (Å²) in [5, 5.41) is 3.24. The fraction of sp³-hybridized carbons (Fsp3) is 0.360. The molecular weight excluding hydrogens is 328 g/mol. The number of benzene rings is 2. The lowest BCUT2D eigenvalue weighted by Crippen LogP contribution is -2.26. The van der Waals surface area contributed by atoms with Gasteiger partial charge in [-0.1, -0.05) is 97.7 Å².